The number of amides is 1. The number of nitrogens with one attached hydrogen (secondary N) is 1. The molecule has 1 saturated heterocycles. The first kappa shape index (κ1) is 15.0. The van der Waals surface area contributed by atoms with Crippen LogP contribution in [0.15, 0.2) is 18.5 Å². The maximum Gasteiger partial charge on any atom is 0.221 e. The van der Waals surface area contributed by atoms with Crippen LogP contribution in [0, 0.1) is 0 Å². The Labute approximate surface area is 120 Å². The van der Waals surface area contributed by atoms with Gasteiger partial charge in [-0.05, 0) is 20.0 Å². The molecule has 1 fully saturated rings. The Morgan fingerprint density at radius 1 is 1.35 bits per heavy atom. The molecule has 0 aliphatic carbocycles. The van der Waals surface area contributed by atoms with E-state index in [4.69, 9.17) is 0 Å². The first-order valence-electron chi connectivity index (χ1n) is 7.31. The summed E-state index contributed by atoms with van der Waals surface area (Å²) in [7, 11) is 2.14. The summed E-state index contributed by atoms with van der Waals surface area (Å²) in [6.07, 6.45) is 4.24. The molecule has 1 aromatic rings. The fourth-order valence-corrected chi connectivity index (χ4v) is 2.41. The summed E-state index contributed by atoms with van der Waals surface area (Å²) in [5.41, 5.74) is 0. The topological polar surface area (TPSA) is 53.4 Å². The van der Waals surface area contributed by atoms with Crippen LogP contribution in [0.5, 0.6) is 0 Å². The van der Waals surface area contributed by atoms with Crippen LogP contribution in [0.25, 0.3) is 0 Å². The van der Waals surface area contributed by atoms with Crippen LogP contribution in [0.4, 0.5) is 0 Å². The summed E-state index contributed by atoms with van der Waals surface area (Å²) in [5.74, 6) is 0.128. The van der Waals surface area contributed by atoms with Crippen molar-refractivity contribution in [3.05, 3.63) is 18.5 Å². The molecular weight excluding hydrogens is 254 g/mol. The second-order valence-corrected chi connectivity index (χ2v) is 5.59. The highest BCUT2D eigenvalue weighted by atomic mass is 16.1. The SMILES string of the molecule is C[C@H](Cn1cccn1)NC(=O)CCN1CCN(C)CC1. The minimum atomic E-state index is 0.106. The number of carbonyl (C=O) groups is 1. The third kappa shape index (κ3) is 4.94. The lowest BCUT2D eigenvalue weighted by Gasteiger charge is -2.32. The molecule has 0 saturated carbocycles. The van der Waals surface area contributed by atoms with Gasteiger partial charge in [-0.2, -0.15) is 5.10 Å². The molecular formula is C14H25N5O. The van der Waals surface area contributed by atoms with Crippen molar-refractivity contribution in [2.75, 3.05) is 39.8 Å². The third-order valence-corrected chi connectivity index (χ3v) is 3.68. The molecule has 6 nitrogen and oxygen atoms in total. The van der Waals surface area contributed by atoms with E-state index in [9.17, 15) is 4.79 Å². The van der Waals surface area contributed by atoms with Crippen molar-refractivity contribution in [2.24, 2.45) is 0 Å². The molecule has 1 amide bonds. The average Bonchev–Trinajstić information content (AvgIpc) is 2.90. The zero-order chi connectivity index (χ0) is 14.4. The second kappa shape index (κ2) is 7.40. The van der Waals surface area contributed by atoms with E-state index in [1.807, 2.05) is 23.9 Å². The molecule has 1 aliphatic heterocycles. The van der Waals surface area contributed by atoms with E-state index in [-0.39, 0.29) is 11.9 Å². The maximum atomic E-state index is 11.9. The van der Waals surface area contributed by atoms with Gasteiger partial charge in [0, 0.05) is 57.6 Å². The molecule has 1 atom stereocenters. The van der Waals surface area contributed by atoms with E-state index in [1.165, 1.54) is 0 Å². The number of likely N-dealkylation sites (N-methyl/N-ethyl adjacent to an activating group) is 1. The highest BCUT2D eigenvalue weighted by Gasteiger charge is 2.15. The van der Waals surface area contributed by atoms with Gasteiger partial charge < -0.3 is 15.1 Å². The zero-order valence-electron chi connectivity index (χ0n) is 12.5. The Morgan fingerprint density at radius 3 is 2.75 bits per heavy atom. The summed E-state index contributed by atoms with van der Waals surface area (Å²) < 4.78 is 1.84. The minimum absolute atomic E-state index is 0.106. The summed E-state index contributed by atoms with van der Waals surface area (Å²) in [6.45, 7) is 7.89. The quantitative estimate of drug-likeness (QED) is 0.798. The standard InChI is InChI=1S/C14H25N5O/c1-13(12-19-6-3-5-15-19)16-14(20)4-7-18-10-8-17(2)9-11-18/h3,5-6,13H,4,7-12H2,1-2H3,(H,16,20)/t13-/m1/s1. The highest BCUT2D eigenvalue weighted by molar-refractivity contribution is 5.76. The number of rotatable bonds is 6. The average molecular weight is 279 g/mol. The molecule has 1 N–H and O–H groups in total. The first-order chi connectivity index (χ1) is 9.63. The largest absolute Gasteiger partial charge is 0.352 e. The molecule has 20 heavy (non-hydrogen) atoms. The van der Waals surface area contributed by atoms with Crippen molar-refractivity contribution in [2.45, 2.75) is 25.9 Å². The van der Waals surface area contributed by atoms with Crippen molar-refractivity contribution in [3.63, 3.8) is 0 Å². The smallest absolute Gasteiger partial charge is 0.221 e. The van der Waals surface area contributed by atoms with Gasteiger partial charge in [0.05, 0.1) is 6.54 Å². The Bertz CT molecular complexity index is 398. The third-order valence-electron chi connectivity index (χ3n) is 3.68. The number of aromatic nitrogens is 2. The second-order valence-electron chi connectivity index (χ2n) is 5.59. The Morgan fingerprint density at radius 2 is 2.10 bits per heavy atom. The fourth-order valence-electron chi connectivity index (χ4n) is 2.41. The zero-order valence-corrected chi connectivity index (χ0v) is 12.5. The van der Waals surface area contributed by atoms with Gasteiger partial charge in [-0.3, -0.25) is 9.48 Å². The van der Waals surface area contributed by atoms with Crippen LogP contribution in [0.1, 0.15) is 13.3 Å². The van der Waals surface area contributed by atoms with Gasteiger partial charge in [0.25, 0.3) is 0 Å². The normalized spacial score (nSPS) is 18.9. The molecule has 1 aliphatic rings. The molecule has 0 aromatic carbocycles. The predicted molar refractivity (Wildman–Crippen MR) is 78.4 cm³/mol. The molecule has 112 valence electrons. The molecule has 0 radical (unpaired) electrons. The van der Waals surface area contributed by atoms with Crippen LogP contribution < -0.4 is 5.32 Å². The van der Waals surface area contributed by atoms with Gasteiger partial charge >= 0.3 is 0 Å². The summed E-state index contributed by atoms with van der Waals surface area (Å²) >= 11 is 0. The summed E-state index contributed by atoms with van der Waals surface area (Å²) in [4.78, 5) is 16.6. The van der Waals surface area contributed by atoms with Crippen molar-refractivity contribution in [1.82, 2.24) is 24.9 Å². The van der Waals surface area contributed by atoms with Gasteiger partial charge in [-0.1, -0.05) is 0 Å². The molecule has 0 unspecified atom stereocenters. The Balaban J connectivity index is 1.62. The van der Waals surface area contributed by atoms with Crippen molar-refractivity contribution in [3.8, 4) is 0 Å². The monoisotopic (exact) mass is 279 g/mol. The summed E-state index contributed by atoms with van der Waals surface area (Å²) in [6, 6.07) is 2.00. The number of piperazine rings is 1. The van der Waals surface area contributed by atoms with Crippen molar-refractivity contribution < 1.29 is 4.79 Å². The van der Waals surface area contributed by atoms with Crippen LogP contribution >= 0.6 is 0 Å². The lowest BCUT2D eigenvalue weighted by Crippen LogP contribution is -2.46. The number of nitrogens with zero attached hydrogens (tertiary/aromatic N) is 4. The van der Waals surface area contributed by atoms with E-state index in [1.54, 1.807) is 6.20 Å². The molecule has 6 heteroatoms. The van der Waals surface area contributed by atoms with Crippen LogP contribution in [0.2, 0.25) is 0 Å². The van der Waals surface area contributed by atoms with Crippen LogP contribution in [0.3, 0.4) is 0 Å². The Hall–Kier alpha value is -1.40. The number of hydrogen-bond acceptors (Lipinski definition) is 4. The van der Waals surface area contributed by atoms with Gasteiger partial charge in [-0.15, -0.1) is 0 Å². The lowest BCUT2D eigenvalue weighted by atomic mass is 10.2. The van der Waals surface area contributed by atoms with Gasteiger partial charge in [-0.25, -0.2) is 0 Å². The van der Waals surface area contributed by atoms with Crippen molar-refractivity contribution in [1.29, 1.82) is 0 Å². The van der Waals surface area contributed by atoms with Crippen LogP contribution in [-0.2, 0) is 11.3 Å². The van der Waals surface area contributed by atoms with Crippen molar-refractivity contribution >= 4 is 5.91 Å². The van der Waals surface area contributed by atoms with Gasteiger partial charge in [0.15, 0.2) is 0 Å². The fraction of sp³-hybridized carbons (Fsp3) is 0.714. The van der Waals surface area contributed by atoms with Gasteiger partial charge in [0.1, 0.15) is 0 Å². The number of hydrogen-bond donors (Lipinski definition) is 1. The van der Waals surface area contributed by atoms with E-state index in [0.29, 0.717) is 13.0 Å². The molecule has 0 bridgehead atoms. The molecule has 0 spiro atoms. The van der Waals surface area contributed by atoms with Gasteiger partial charge in [0.2, 0.25) is 5.91 Å². The van der Waals surface area contributed by atoms with E-state index in [0.717, 1.165) is 32.7 Å². The number of carbonyl (C=O) groups excluding carboxylic acids is 1. The molecule has 2 heterocycles. The summed E-state index contributed by atoms with van der Waals surface area (Å²) in [5, 5.41) is 7.17. The predicted octanol–water partition coefficient (Wildman–Crippen LogP) is 0.0253. The van der Waals surface area contributed by atoms with E-state index in [2.05, 4.69) is 27.3 Å². The Kier molecular flexibility index (Phi) is 5.55. The highest BCUT2D eigenvalue weighted by Crippen LogP contribution is 2.00. The lowest BCUT2D eigenvalue weighted by molar-refractivity contribution is -0.122. The van der Waals surface area contributed by atoms with E-state index >= 15 is 0 Å². The maximum absolute atomic E-state index is 11.9. The first-order valence-corrected chi connectivity index (χ1v) is 7.31. The minimum Gasteiger partial charge on any atom is -0.352 e. The molecule has 1 aromatic heterocycles. The van der Waals surface area contributed by atoms with Crippen LogP contribution in [-0.4, -0.2) is 71.3 Å². The molecule has 2 rings (SSSR count). The van der Waals surface area contributed by atoms with E-state index < -0.39 is 0 Å².